The van der Waals surface area contributed by atoms with Gasteiger partial charge >= 0.3 is 0 Å². The lowest BCUT2D eigenvalue weighted by atomic mass is 9.84. The summed E-state index contributed by atoms with van der Waals surface area (Å²) in [5.74, 6) is -2.07. The molecule has 1 atom stereocenters. The standard InChI is InChI=1S/C13H13N3O4S/c1-2-13(4-3-7(17)15-12(13)20)16-10(18)6-5-21-9(14)8(6)11(16)19/h5H,2-4,14H2,1H3,(H,15,17,20)/t13-/m1/s1. The van der Waals surface area contributed by atoms with Crippen molar-refractivity contribution in [3.8, 4) is 0 Å². The summed E-state index contributed by atoms with van der Waals surface area (Å²) in [5.41, 5.74) is 4.83. The molecule has 0 aliphatic carbocycles. The molecule has 0 spiro atoms. The highest BCUT2D eigenvalue weighted by Crippen LogP contribution is 2.40. The molecule has 7 nitrogen and oxygen atoms in total. The molecule has 0 radical (unpaired) electrons. The zero-order chi connectivity index (χ0) is 15.4. The number of hydrogen-bond acceptors (Lipinski definition) is 6. The molecular formula is C13H13N3O4S. The quantitative estimate of drug-likeness (QED) is 0.774. The minimum absolute atomic E-state index is 0.0962. The Bertz CT molecular complexity index is 696. The summed E-state index contributed by atoms with van der Waals surface area (Å²) in [5, 5.41) is 4.02. The van der Waals surface area contributed by atoms with E-state index in [2.05, 4.69) is 5.32 Å². The van der Waals surface area contributed by atoms with Crippen LogP contribution in [0.2, 0.25) is 0 Å². The van der Waals surface area contributed by atoms with Crippen molar-refractivity contribution < 1.29 is 19.2 Å². The van der Waals surface area contributed by atoms with Gasteiger partial charge in [-0.25, -0.2) is 0 Å². The molecule has 2 aliphatic heterocycles. The first-order valence-corrected chi connectivity index (χ1v) is 7.40. The van der Waals surface area contributed by atoms with Gasteiger partial charge in [-0.15, -0.1) is 11.3 Å². The SMILES string of the molecule is CC[C@@]1(N2C(=O)c3csc(N)c3C2=O)CCC(=O)NC1=O. The molecule has 0 aromatic carbocycles. The zero-order valence-electron chi connectivity index (χ0n) is 11.3. The van der Waals surface area contributed by atoms with Gasteiger partial charge in [0.25, 0.3) is 17.7 Å². The van der Waals surface area contributed by atoms with Gasteiger partial charge in [0.2, 0.25) is 5.91 Å². The smallest absolute Gasteiger partial charge is 0.265 e. The lowest BCUT2D eigenvalue weighted by Crippen LogP contribution is -2.64. The number of fused-ring (bicyclic) bond motifs is 1. The van der Waals surface area contributed by atoms with Crippen LogP contribution in [0.25, 0.3) is 0 Å². The second-order valence-electron chi connectivity index (χ2n) is 5.10. The minimum Gasteiger partial charge on any atom is -0.390 e. The summed E-state index contributed by atoms with van der Waals surface area (Å²) in [6.45, 7) is 1.71. The maximum Gasteiger partial charge on any atom is 0.265 e. The summed E-state index contributed by atoms with van der Waals surface area (Å²) in [6, 6.07) is 0. The molecule has 0 saturated carbocycles. The maximum absolute atomic E-state index is 12.5. The number of nitrogens with one attached hydrogen (secondary N) is 1. The maximum atomic E-state index is 12.5. The van der Waals surface area contributed by atoms with Gasteiger partial charge in [0.05, 0.1) is 16.1 Å². The average Bonchev–Trinajstić information content (AvgIpc) is 2.93. The van der Waals surface area contributed by atoms with Crippen LogP contribution in [-0.4, -0.2) is 34.1 Å². The van der Waals surface area contributed by atoms with Crippen LogP contribution in [-0.2, 0) is 9.59 Å². The van der Waals surface area contributed by atoms with Gasteiger partial charge in [-0.1, -0.05) is 6.92 Å². The van der Waals surface area contributed by atoms with Crippen LogP contribution in [0.15, 0.2) is 5.38 Å². The number of thiophene rings is 1. The molecule has 3 rings (SSSR count). The third-order valence-corrected chi connectivity index (χ3v) is 4.94. The predicted octanol–water partition coefficient (Wildman–Crippen LogP) is 0.512. The molecule has 0 bridgehead atoms. The number of hydrogen-bond donors (Lipinski definition) is 2. The van der Waals surface area contributed by atoms with Crippen LogP contribution in [0, 0.1) is 0 Å². The molecule has 1 fully saturated rings. The fourth-order valence-corrected chi connectivity index (χ4v) is 3.69. The van der Waals surface area contributed by atoms with Crippen molar-refractivity contribution >= 4 is 40.0 Å². The van der Waals surface area contributed by atoms with Gasteiger partial charge in [0, 0.05) is 11.8 Å². The van der Waals surface area contributed by atoms with E-state index in [1.165, 1.54) is 5.38 Å². The van der Waals surface area contributed by atoms with Gasteiger partial charge in [0.15, 0.2) is 0 Å². The summed E-state index contributed by atoms with van der Waals surface area (Å²) in [7, 11) is 0. The number of piperidine rings is 1. The Labute approximate surface area is 124 Å². The molecule has 1 aromatic heterocycles. The minimum atomic E-state index is -1.31. The van der Waals surface area contributed by atoms with Gasteiger partial charge in [-0.3, -0.25) is 29.4 Å². The number of carbonyl (C=O) groups is 4. The number of nitrogens with zero attached hydrogens (tertiary/aromatic N) is 1. The van der Waals surface area contributed by atoms with Gasteiger partial charge in [-0.05, 0) is 12.8 Å². The van der Waals surface area contributed by atoms with E-state index in [0.717, 1.165) is 16.2 Å². The molecule has 1 aromatic rings. The number of imide groups is 2. The molecule has 110 valence electrons. The van der Waals surface area contributed by atoms with Crippen LogP contribution in [0.4, 0.5) is 5.00 Å². The number of nitrogen functional groups attached to an aromatic ring is 1. The van der Waals surface area contributed by atoms with E-state index in [1.807, 2.05) is 0 Å². The highest BCUT2D eigenvalue weighted by molar-refractivity contribution is 7.14. The normalized spacial score (nSPS) is 25.3. The van der Waals surface area contributed by atoms with Crippen molar-refractivity contribution in [2.24, 2.45) is 0 Å². The molecule has 1 saturated heterocycles. The van der Waals surface area contributed by atoms with Crippen LogP contribution >= 0.6 is 11.3 Å². The fraction of sp³-hybridized carbons (Fsp3) is 0.385. The van der Waals surface area contributed by atoms with Gasteiger partial charge < -0.3 is 5.73 Å². The van der Waals surface area contributed by atoms with E-state index in [1.54, 1.807) is 6.92 Å². The first-order valence-electron chi connectivity index (χ1n) is 6.52. The van der Waals surface area contributed by atoms with E-state index in [0.29, 0.717) is 0 Å². The Morgan fingerprint density at radius 1 is 1.33 bits per heavy atom. The van der Waals surface area contributed by atoms with E-state index in [-0.39, 0.29) is 35.4 Å². The molecule has 3 heterocycles. The Balaban J connectivity index is 2.08. The van der Waals surface area contributed by atoms with Crippen LogP contribution in [0.1, 0.15) is 46.9 Å². The van der Waals surface area contributed by atoms with Crippen molar-refractivity contribution in [1.82, 2.24) is 10.2 Å². The van der Waals surface area contributed by atoms with Crippen molar-refractivity contribution in [1.29, 1.82) is 0 Å². The summed E-state index contributed by atoms with van der Waals surface area (Å²) >= 11 is 1.13. The fourth-order valence-electron chi connectivity index (χ4n) is 2.91. The summed E-state index contributed by atoms with van der Waals surface area (Å²) < 4.78 is 0. The summed E-state index contributed by atoms with van der Waals surface area (Å²) in [6.07, 6.45) is 0.482. The average molecular weight is 307 g/mol. The number of anilines is 1. The monoisotopic (exact) mass is 307 g/mol. The zero-order valence-corrected chi connectivity index (χ0v) is 12.1. The lowest BCUT2D eigenvalue weighted by Gasteiger charge is -2.40. The Kier molecular flexibility index (Phi) is 2.87. The molecule has 4 amide bonds. The highest BCUT2D eigenvalue weighted by Gasteiger charge is 2.55. The van der Waals surface area contributed by atoms with Crippen LogP contribution in [0.5, 0.6) is 0 Å². The van der Waals surface area contributed by atoms with E-state index in [4.69, 9.17) is 5.73 Å². The van der Waals surface area contributed by atoms with Crippen molar-refractivity contribution in [3.05, 3.63) is 16.5 Å². The molecule has 21 heavy (non-hydrogen) atoms. The Hall–Kier alpha value is -2.22. The topological polar surface area (TPSA) is 110 Å². The Morgan fingerprint density at radius 2 is 2.05 bits per heavy atom. The second-order valence-corrected chi connectivity index (χ2v) is 6.01. The third kappa shape index (κ3) is 1.65. The van der Waals surface area contributed by atoms with Crippen LogP contribution < -0.4 is 11.1 Å². The van der Waals surface area contributed by atoms with Crippen molar-refractivity contribution in [3.63, 3.8) is 0 Å². The van der Waals surface area contributed by atoms with Gasteiger partial charge in [-0.2, -0.15) is 0 Å². The van der Waals surface area contributed by atoms with Gasteiger partial charge in [0.1, 0.15) is 5.54 Å². The molecular weight excluding hydrogens is 294 g/mol. The first-order chi connectivity index (χ1) is 9.92. The van der Waals surface area contributed by atoms with Crippen molar-refractivity contribution in [2.45, 2.75) is 31.7 Å². The second kappa shape index (κ2) is 4.39. The van der Waals surface area contributed by atoms with E-state index < -0.39 is 29.2 Å². The number of carbonyl (C=O) groups excluding carboxylic acids is 4. The third-order valence-electron chi connectivity index (χ3n) is 4.12. The number of nitrogens with two attached hydrogens (primary N) is 1. The van der Waals surface area contributed by atoms with Crippen molar-refractivity contribution in [2.75, 3.05) is 5.73 Å². The lowest BCUT2D eigenvalue weighted by molar-refractivity contribution is -0.142. The predicted molar refractivity (Wildman–Crippen MR) is 74.6 cm³/mol. The van der Waals surface area contributed by atoms with Crippen LogP contribution in [0.3, 0.4) is 0 Å². The molecule has 2 aliphatic rings. The molecule has 8 heteroatoms. The van der Waals surface area contributed by atoms with E-state index >= 15 is 0 Å². The van der Waals surface area contributed by atoms with E-state index in [9.17, 15) is 19.2 Å². The number of rotatable bonds is 2. The Morgan fingerprint density at radius 3 is 2.62 bits per heavy atom. The number of amides is 4. The first kappa shape index (κ1) is 13.7. The molecule has 3 N–H and O–H groups in total. The largest absolute Gasteiger partial charge is 0.390 e. The molecule has 0 unspecified atom stereocenters. The highest BCUT2D eigenvalue weighted by atomic mass is 32.1. The summed E-state index contributed by atoms with van der Waals surface area (Å²) in [4.78, 5) is 49.6.